The molecule has 1 aliphatic heterocycles. The Bertz CT molecular complexity index is 1290. The van der Waals surface area contributed by atoms with Crippen molar-refractivity contribution in [3.05, 3.63) is 82.5 Å². The molecule has 0 saturated carbocycles. The van der Waals surface area contributed by atoms with Crippen molar-refractivity contribution in [2.75, 3.05) is 32.9 Å². The van der Waals surface area contributed by atoms with Gasteiger partial charge in [-0.1, -0.05) is 25.6 Å². The molecule has 1 fully saturated rings. The van der Waals surface area contributed by atoms with Crippen LogP contribution in [0.4, 0.5) is 4.39 Å². The van der Waals surface area contributed by atoms with Crippen LogP contribution in [0.5, 0.6) is 17.4 Å². The van der Waals surface area contributed by atoms with E-state index < -0.39 is 0 Å². The van der Waals surface area contributed by atoms with Crippen LogP contribution in [0.2, 0.25) is 0 Å². The predicted molar refractivity (Wildman–Crippen MR) is 156 cm³/mol. The molecule has 1 aromatic heterocycles. The highest BCUT2D eigenvalue weighted by molar-refractivity contribution is 6.00. The van der Waals surface area contributed by atoms with Gasteiger partial charge in [-0.25, -0.2) is 4.98 Å². The van der Waals surface area contributed by atoms with Gasteiger partial charge in [0, 0.05) is 31.4 Å². The molecule has 0 spiro atoms. The Morgan fingerprint density at radius 2 is 1.90 bits per heavy atom. The van der Waals surface area contributed by atoms with E-state index in [0.717, 1.165) is 78.9 Å². The monoisotopic (exact) mass is 532 g/mol. The molecule has 1 N–H and O–H groups in total. The van der Waals surface area contributed by atoms with Crippen molar-refractivity contribution >= 4 is 11.1 Å². The molecule has 3 aromatic rings. The zero-order chi connectivity index (χ0) is 26.5. The molecule has 5 rings (SSSR count). The first-order valence-corrected chi connectivity index (χ1v) is 13.8. The van der Waals surface area contributed by atoms with Crippen LogP contribution in [-0.2, 0) is 6.42 Å². The summed E-state index contributed by atoms with van der Waals surface area (Å²) in [6.45, 7) is 6.92. The topological polar surface area (TPSA) is 54.8 Å². The second-order valence-corrected chi connectivity index (χ2v) is 10.2. The number of hydrogen-bond donors (Lipinski definition) is 1. The van der Waals surface area contributed by atoms with Crippen molar-refractivity contribution in [1.29, 1.82) is 0 Å². The van der Waals surface area contributed by atoms with Crippen LogP contribution in [0.3, 0.4) is 0 Å². The second kappa shape index (κ2) is 13.1. The highest BCUT2D eigenvalue weighted by atomic mass is 19.1. The predicted octanol–water partition coefficient (Wildman–Crippen LogP) is 7.24. The van der Waals surface area contributed by atoms with E-state index >= 15 is 0 Å². The number of likely N-dealkylation sites (tertiary alicyclic amines) is 1. The summed E-state index contributed by atoms with van der Waals surface area (Å²) in [6.07, 6.45) is 6.41. The van der Waals surface area contributed by atoms with Gasteiger partial charge in [-0.15, -0.1) is 0 Å². The minimum absolute atomic E-state index is 0. The van der Waals surface area contributed by atoms with E-state index in [1.54, 1.807) is 6.07 Å². The number of alkyl halides is 1. The summed E-state index contributed by atoms with van der Waals surface area (Å²) < 4.78 is 24.5. The molecular formula is C33H41FN2O3. The Morgan fingerprint density at radius 3 is 2.64 bits per heavy atom. The molecule has 39 heavy (non-hydrogen) atoms. The van der Waals surface area contributed by atoms with Gasteiger partial charge in [-0.3, -0.25) is 9.29 Å². The van der Waals surface area contributed by atoms with Gasteiger partial charge in [-0.2, -0.15) is 0 Å². The van der Waals surface area contributed by atoms with Crippen molar-refractivity contribution in [2.24, 2.45) is 0 Å². The number of ether oxygens (including phenoxy) is 2. The molecule has 2 aromatic carbocycles. The molecule has 2 heterocycles. The third kappa shape index (κ3) is 6.62. The Kier molecular flexibility index (Phi) is 9.63. The molecule has 0 unspecified atom stereocenters. The number of phenols is 1. The lowest BCUT2D eigenvalue weighted by atomic mass is 9.88. The van der Waals surface area contributed by atoms with Crippen LogP contribution >= 0.6 is 0 Å². The summed E-state index contributed by atoms with van der Waals surface area (Å²) in [5.41, 5.74) is 7.96. The normalized spacial score (nSPS) is 17.4. The zero-order valence-corrected chi connectivity index (χ0v) is 22.4. The third-order valence-electron chi connectivity index (χ3n) is 7.48. The number of rotatable bonds is 9. The highest BCUT2D eigenvalue weighted by Gasteiger charge is 2.24. The van der Waals surface area contributed by atoms with Gasteiger partial charge >= 0.3 is 0 Å². The number of halogens is 1. The molecule has 2 aliphatic rings. The van der Waals surface area contributed by atoms with Crippen molar-refractivity contribution in [1.82, 2.24) is 9.88 Å². The third-order valence-corrected chi connectivity index (χ3v) is 7.48. The van der Waals surface area contributed by atoms with E-state index in [2.05, 4.69) is 40.2 Å². The lowest BCUT2D eigenvalue weighted by Crippen LogP contribution is -2.26. The van der Waals surface area contributed by atoms with Crippen molar-refractivity contribution in [2.45, 2.75) is 59.5 Å². The summed E-state index contributed by atoms with van der Waals surface area (Å²) in [5.74, 6) is 1.83. The molecule has 6 heteroatoms. The van der Waals surface area contributed by atoms with Gasteiger partial charge in [0.2, 0.25) is 5.88 Å². The molecule has 1 saturated heterocycles. The van der Waals surface area contributed by atoms with E-state index in [4.69, 9.17) is 9.47 Å². The Morgan fingerprint density at radius 1 is 1.08 bits per heavy atom. The van der Waals surface area contributed by atoms with Gasteiger partial charge in [0.05, 0.1) is 13.3 Å². The quantitative estimate of drug-likeness (QED) is 0.315. The van der Waals surface area contributed by atoms with Gasteiger partial charge in [0.1, 0.15) is 17.6 Å². The van der Waals surface area contributed by atoms with Crippen molar-refractivity contribution in [3.8, 4) is 17.4 Å². The van der Waals surface area contributed by atoms with E-state index in [0.29, 0.717) is 24.7 Å². The maximum atomic E-state index is 12.5. The molecular weight excluding hydrogens is 491 g/mol. The van der Waals surface area contributed by atoms with Crippen molar-refractivity contribution < 1.29 is 19.0 Å². The Labute approximate surface area is 232 Å². The highest BCUT2D eigenvalue weighted by Crippen LogP contribution is 2.41. The zero-order valence-electron chi connectivity index (χ0n) is 22.4. The average molecular weight is 533 g/mol. The summed E-state index contributed by atoms with van der Waals surface area (Å²) in [5, 5.41) is 10.2. The summed E-state index contributed by atoms with van der Waals surface area (Å²) in [6, 6.07) is 16.3. The van der Waals surface area contributed by atoms with Gasteiger partial charge in [-0.05, 0) is 110 Å². The van der Waals surface area contributed by atoms with Crippen LogP contribution < -0.4 is 9.47 Å². The number of allylic oxidation sites excluding steroid dienone is 1. The maximum Gasteiger partial charge on any atom is 0.216 e. The maximum absolute atomic E-state index is 12.5. The number of aromatic nitrogens is 1. The number of aryl methyl sites for hydroxylation is 2. The molecule has 1 atom stereocenters. The first-order valence-electron chi connectivity index (χ1n) is 13.8. The number of fused-ring (bicyclic) bond motifs is 1. The SMILES string of the molecule is C.CCOc1ncc(C2=C(c3ccc(O[C@H]4CCN(CCCF)C4)cc3)c3ccc(O)cc3CCC2)cc1C. The first-order chi connectivity index (χ1) is 18.6. The number of nitrogens with zero attached hydrogens (tertiary/aromatic N) is 2. The Balaban J connectivity index is 0.00000353. The van der Waals surface area contributed by atoms with Gasteiger partial charge in [0.15, 0.2) is 0 Å². The number of pyridine rings is 1. The van der Waals surface area contributed by atoms with E-state index in [1.165, 1.54) is 11.1 Å². The molecule has 0 radical (unpaired) electrons. The van der Waals surface area contributed by atoms with Crippen LogP contribution in [0.15, 0.2) is 54.7 Å². The first kappa shape index (κ1) is 28.6. The minimum atomic E-state index is -0.267. The van der Waals surface area contributed by atoms with Crippen LogP contribution in [0.1, 0.15) is 67.9 Å². The number of benzene rings is 2. The standard InChI is InChI=1S/C32H37FN2O3.CH4/c1-3-37-32-22(2)18-25(20-34-32)29-7-4-6-24-19-26(36)10-13-30(24)31(29)23-8-11-27(12-9-23)38-28-14-17-35(21-28)16-5-15-33;/h8-13,18-20,28,36H,3-7,14-17,21H2,1-2H3;1H4/t28-;/m0./s1. The average Bonchev–Trinajstić information content (AvgIpc) is 3.28. The van der Waals surface area contributed by atoms with Crippen LogP contribution in [0.25, 0.3) is 11.1 Å². The fraction of sp³-hybridized carbons (Fsp3) is 0.424. The Hall–Kier alpha value is -3.38. The largest absolute Gasteiger partial charge is 0.508 e. The van der Waals surface area contributed by atoms with Crippen LogP contribution in [-0.4, -0.2) is 54.0 Å². The van der Waals surface area contributed by atoms with Crippen molar-refractivity contribution in [3.63, 3.8) is 0 Å². The molecule has 0 bridgehead atoms. The summed E-state index contributed by atoms with van der Waals surface area (Å²) in [4.78, 5) is 6.91. The molecule has 208 valence electrons. The fourth-order valence-electron chi connectivity index (χ4n) is 5.68. The van der Waals surface area contributed by atoms with Gasteiger partial charge < -0.3 is 14.6 Å². The molecule has 5 nitrogen and oxygen atoms in total. The number of hydrogen-bond acceptors (Lipinski definition) is 5. The summed E-state index contributed by atoms with van der Waals surface area (Å²) >= 11 is 0. The lowest BCUT2D eigenvalue weighted by Gasteiger charge is -2.19. The van der Waals surface area contributed by atoms with Crippen LogP contribution in [0, 0.1) is 6.92 Å². The van der Waals surface area contributed by atoms with E-state index in [1.807, 2.05) is 32.2 Å². The molecule has 0 amide bonds. The smallest absolute Gasteiger partial charge is 0.216 e. The number of aromatic hydroxyl groups is 1. The molecule has 1 aliphatic carbocycles. The van der Waals surface area contributed by atoms with Gasteiger partial charge in [0.25, 0.3) is 0 Å². The fourth-order valence-corrected chi connectivity index (χ4v) is 5.68. The number of phenolic OH excluding ortho intramolecular Hbond substituents is 1. The lowest BCUT2D eigenvalue weighted by molar-refractivity contribution is 0.198. The van der Waals surface area contributed by atoms with E-state index in [9.17, 15) is 9.50 Å². The second-order valence-electron chi connectivity index (χ2n) is 10.2. The summed E-state index contributed by atoms with van der Waals surface area (Å²) in [7, 11) is 0. The minimum Gasteiger partial charge on any atom is -0.508 e. The van der Waals surface area contributed by atoms with E-state index in [-0.39, 0.29) is 20.2 Å².